The van der Waals surface area contributed by atoms with E-state index in [1.807, 2.05) is 30.3 Å². The number of benzene rings is 1. The van der Waals surface area contributed by atoms with E-state index in [0.29, 0.717) is 12.5 Å². The SMILES string of the molecule is O=C(OCc1ccccc1)[C@H]1CC[C@@H](CO)CC1. The number of ether oxygens (including phenoxy) is 1. The van der Waals surface area contributed by atoms with Crippen molar-refractivity contribution in [2.24, 2.45) is 11.8 Å². The molecular formula is C15H20O3. The maximum atomic E-state index is 11.9. The third-order valence-corrected chi connectivity index (χ3v) is 3.66. The van der Waals surface area contributed by atoms with Gasteiger partial charge in [0.1, 0.15) is 6.61 Å². The highest BCUT2D eigenvalue weighted by atomic mass is 16.5. The van der Waals surface area contributed by atoms with Crippen molar-refractivity contribution in [2.45, 2.75) is 32.3 Å². The molecule has 0 saturated heterocycles. The maximum absolute atomic E-state index is 11.9. The summed E-state index contributed by atoms with van der Waals surface area (Å²) in [6.07, 6.45) is 3.56. The zero-order valence-electron chi connectivity index (χ0n) is 10.5. The van der Waals surface area contributed by atoms with E-state index in [2.05, 4.69) is 0 Å². The fourth-order valence-corrected chi connectivity index (χ4v) is 2.43. The second-order valence-electron chi connectivity index (χ2n) is 4.99. The molecule has 1 fully saturated rings. The van der Waals surface area contributed by atoms with Gasteiger partial charge in [0.15, 0.2) is 0 Å². The van der Waals surface area contributed by atoms with Gasteiger partial charge in [-0.1, -0.05) is 30.3 Å². The number of rotatable bonds is 4. The normalized spacial score (nSPS) is 23.6. The zero-order valence-corrected chi connectivity index (χ0v) is 10.5. The van der Waals surface area contributed by atoms with Crippen molar-refractivity contribution in [2.75, 3.05) is 6.61 Å². The van der Waals surface area contributed by atoms with Crippen LogP contribution >= 0.6 is 0 Å². The lowest BCUT2D eigenvalue weighted by molar-refractivity contribution is -0.151. The van der Waals surface area contributed by atoms with E-state index in [1.165, 1.54) is 0 Å². The largest absolute Gasteiger partial charge is 0.461 e. The molecule has 1 aliphatic carbocycles. The smallest absolute Gasteiger partial charge is 0.309 e. The Kier molecular flexibility index (Phi) is 4.76. The number of hydrogen-bond acceptors (Lipinski definition) is 3. The van der Waals surface area contributed by atoms with Crippen LogP contribution in [0.25, 0.3) is 0 Å². The van der Waals surface area contributed by atoms with Crippen LogP contribution in [0, 0.1) is 11.8 Å². The first-order chi connectivity index (χ1) is 8.79. The maximum Gasteiger partial charge on any atom is 0.309 e. The third-order valence-electron chi connectivity index (χ3n) is 3.66. The molecule has 0 heterocycles. The topological polar surface area (TPSA) is 46.5 Å². The number of carbonyl (C=O) groups excluding carboxylic acids is 1. The summed E-state index contributed by atoms with van der Waals surface area (Å²) in [6, 6.07) is 9.73. The predicted molar refractivity (Wildman–Crippen MR) is 68.8 cm³/mol. The van der Waals surface area contributed by atoms with Gasteiger partial charge < -0.3 is 9.84 Å². The van der Waals surface area contributed by atoms with Gasteiger partial charge in [-0.05, 0) is 37.2 Å². The summed E-state index contributed by atoms with van der Waals surface area (Å²) in [7, 11) is 0. The van der Waals surface area contributed by atoms with Crippen LogP contribution in [0.2, 0.25) is 0 Å². The molecule has 3 nitrogen and oxygen atoms in total. The predicted octanol–water partition coefficient (Wildman–Crippen LogP) is 2.53. The van der Waals surface area contributed by atoms with E-state index in [-0.39, 0.29) is 18.5 Å². The van der Waals surface area contributed by atoms with Crippen LogP contribution in [0.1, 0.15) is 31.2 Å². The highest BCUT2D eigenvalue weighted by molar-refractivity contribution is 5.72. The number of hydrogen-bond donors (Lipinski definition) is 1. The Morgan fingerprint density at radius 1 is 1.17 bits per heavy atom. The summed E-state index contributed by atoms with van der Waals surface area (Å²) in [5.74, 6) is 0.315. The Morgan fingerprint density at radius 2 is 1.83 bits per heavy atom. The van der Waals surface area contributed by atoms with Gasteiger partial charge in [-0.3, -0.25) is 4.79 Å². The lowest BCUT2D eigenvalue weighted by Crippen LogP contribution is -2.24. The molecule has 0 unspecified atom stereocenters. The first-order valence-electron chi connectivity index (χ1n) is 6.61. The minimum absolute atomic E-state index is 0.0245. The lowest BCUT2D eigenvalue weighted by Gasteiger charge is -2.25. The minimum atomic E-state index is -0.0877. The molecule has 0 amide bonds. The number of aliphatic hydroxyl groups is 1. The fraction of sp³-hybridized carbons (Fsp3) is 0.533. The summed E-state index contributed by atoms with van der Waals surface area (Å²) in [4.78, 5) is 11.9. The summed E-state index contributed by atoms with van der Waals surface area (Å²) in [5, 5.41) is 9.05. The summed E-state index contributed by atoms with van der Waals surface area (Å²) < 4.78 is 5.33. The van der Waals surface area contributed by atoms with Gasteiger partial charge in [0, 0.05) is 6.61 Å². The second kappa shape index (κ2) is 6.55. The average molecular weight is 248 g/mol. The van der Waals surface area contributed by atoms with Crippen molar-refractivity contribution < 1.29 is 14.6 Å². The van der Waals surface area contributed by atoms with Crippen molar-refractivity contribution in [3.8, 4) is 0 Å². The van der Waals surface area contributed by atoms with Crippen LogP contribution in [-0.2, 0) is 16.1 Å². The van der Waals surface area contributed by atoms with Crippen molar-refractivity contribution in [3.05, 3.63) is 35.9 Å². The van der Waals surface area contributed by atoms with Gasteiger partial charge in [-0.2, -0.15) is 0 Å². The van der Waals surface area contributed by atoms with E-state index >= 15 is 0 Å². The molecule has 98 valence electrons. The Morgan fingerprint density at radius 3 is 2.44 bits per heavy atom. The van der Waals surface area contributed by atoms with Crippen LogP contribution in [0.3, 0.4) is 0 Å². The van der Waals surface area contributed by atoms with Crippen LogP contribution in [-0.4, -0.2) is 17.7 Å². The van der Waals surface area contributed by atoms with Crippen molar-refractivity contribution in [3.63, 3.8) is 0 Å². The molecule has 18 heavy (non-hydrogen) atoms. The van der Waals surface area contributed by atoms with Crippen LogP contribution < -0.4 is 0 Å². The van der Waals surface area contributed by atoms with Crippen LogP contribution in [0.15, 0.2) is 30.3 Å². The third kappa shape index (κ3) is 3.57. The highest BCUT2D eigenvalue weighted by Gasteiger charge is 2.26. The Bertz CT molecular complexity index is 367. The summed E-state index contributed by atoms with van der Waals surface area (Å²) in [6.45, 7) is 0.603. The molecule has 1 aliphatic rings. The van der Waals surface area contributed by atoms with E-state index in [4.69, 9.17) is 9.84 Å². The molecule has 2 rings (SSSR count). The molecule has 1 aromatic carbocycles. The first kappa shape index (κ1) is 13.1. The van der Waals surface area contributed by atoms with Gasteiger partial charge in [-0.15, -0.1) is 0 Å². The second-order valence-corrected chi connectivity index (χ2v) is 4.99. The Labute approximate surface area is 108 Å². The number of esters is 1. The van der Waals surface area contributed by atoms with Gasteiger partial charge in [0.25, 0.3) is 0 Å². The van der Waals surface area contributed by atoms with Crippen LogP contribution in [0.4, 0.5) is 0 Å². The molecular weight excluding hydrogens is 228 g/mol. The molecule has 1 aromatic rings. The van der Waals surface area contributed by atoms with E-state index in [9.17, 15) is 4.79 Å². The van der Waals surface area contributed by atoms with E-state index < -0.39 is 0 Å². The Balaban J connectivity index is 1.75. The highest BCUT2D eigenvalue weighted by Crippen LogP contribution is 2.29. The zero-order chi connectivity index (χ0) is 12.8. The first-order valence-corrected chi connectivity index (χ1v) is 6.61. The van der Waals surface area contributed by atoms with Crippen molar-refractivity contribution in [1.82, 2.24) is 0 Å². The number of aliphatic hydroxyl groups excluding tert-OH is 1. The quantitative estimate of drug-likeness (QED) is 0.833. The minimum Gasteiger partial charge on any atom is -0.461 e. The fourth-order valence-electron chi connectivity index (χ4n) is 2.43. The average Bonchev–Trinajstić information content (AvgIpc) is 2.46. The lowest BCUT2D eigenvalue weighted by atomic mass is 9.82. The monoisotopic (exact) mass is 248 g/mol. The molecule has 0 aliphatic heterocycles. The number of carbonyl (C=O) groups is 1. The van der Waals surface area contributed by atoms with Gasteiger partial charge in [0.2, 0.25) is 0 Å². The van der Waals surface area contributed by atoms with Crippen molar-refractivity contribution >= 4 is 5.97 Å². The molecule has 0 bridgehead atoms. The molecule has 0 atom stereocenters. The van der Waals surface area contributed by atoms with Gasteiger partial charge in [0.05, 0.1) is 5.92 Å². The molecule has 3 heteroatoms. The Hall–Kier alpha value is -1.35. The van der Waals surface area contributed by atoms with E-state index in [1.54, 1.807) is 0 Å². The molecule has 0 aromatic heterocycles. The standard InChI is InChI=1S/C15H20O3/c16-10-12-6-8-14(9-7-12)15(17)18-11-13-4-2-1-3-5-13/h1-5,12,14,16H,6-11H2/t12-,14+. The molecule has 1 saturated carbocycles. The molecule has 0 radical (unpaired) electrons. The summed E-state index contributed by atoms with van der Waals surface area (Å²) in [5.41, 5.74) is 1.02. The van der Waals surface area contributed by atoms with Gasteiger partial charge >= 0.3 is 5.97 Å². The van der Waals surface area contributed by atoms with Gasteiger partial charge in [-0.25, -0.2) is 0 Å². The van der Waals surface area contributed by atoms with Crippen molar-refractivity contribution in [1.29, 1.82) is 0 Å². The van der Waals surface area contributed by atoms with E-state index in [0.717, 1.165) is 31.2 Å². The van der Waals surface area contributed by atoms with Crippen LogP contribution in [0.5, 0.6) is 0 Å². The summed E-state index contributed by atoms with van der Waals surface area (Å²) >= 11 is 0. The molecule has 1 N–H and O–H groups in total. The molecule has 0 spiro atoms.